The summed E-state index contributed by atoms with van der Waals surface area (Å²) in [7, 11) is 3.22. The van der Waals surface area contributed by atoms with Crippen LogP contribution in [0.4, 0.5) is 0 Å². The second kappa shape index (κ2) is 10.4. The molecule has 0 radical (unpaired) electrons. The number of ether oxygens (including phenoxy) is 5. The first-order valence-corrected chi connectivity index (χ1v) is 11.0. The predicted molar refractivity (Wildman–Crippen MR) is 113 cm³/mol. The molecule has 0 aliphatic carbocycles. The van der Waals surface area contributed by atoms with Gasteiger partial charge in [-0.2, -0.15) is 0 Å². The number of esters is 1. The zero-order chi connectivity index (χ0) is 22.5. The van der Waals surface area contributed by atoms with E-state index in [2.05, 4.69) is 15.3 Å². The Labute approximate surface area is 187 Å². The third-order valence-corrected chi connectivity index (χ3v) is 5.76. The van der Waals surface area contributed by atoms with Crippen molar-refractivity contribution in [2.45, 2.75) is 51.6 Å². The van der Waals surface area contributed by atoms with Gasteiger partial charge in [0, 0.05) is 20.1 Å². The largest absolute Gasteiger partial charge is 0.486 e. The SMILES string of the molecule is COC(=O)[C@@H]1COCC(Oc2ccc(-c3nnn(C)c3COC3CCCCO3)nc2C)C1. The van der Waals surface area contributed by atoms with Crippen LogP contribution in [0.1, 0.15) is 37.1 Å². The lowest BCUT2D eigenvalue weighted by Crippen LogP contribution is -2.37. The topological polar surface area (TPSA) is 107 Å². The number of rotatable bonds is 7. The van der Waals surface area contributed by atoms with Gasteiger partial charge < -0.3 is 23.7 Å². The number of pyridine rings is 1. The average Bonchev–Trinajstić information content (AvgIpc) is 3.19. The number of methoxy groups -OCH3 is 1. The molecule has 2 aromatic heterocycles. The Kier molecular flexibility index (Phi) is 7.33. The number of aryl methyl sites for hydroxylation is 2. The van der Waals surface area contributed by atoms with Crippen molar-refractivity contribution in [1.29, 1.82) is 0 Å². The lowest BCUT2D eigenvalue weighted by Gasteiger charge is -2.28. The van der Waals surface area contributed by atoms with Gasteiger partial charge in [-0.3, -0.25) is 4.79 Å². The van der Waals surface area contributed by atoms with Gasteiger partial charge in [0.1, 0.15) is 17.5 Å². The normalized spacial score (nSPS) is 23.7. The summed E-state index contributed by atoms with van der Waals surface area (Å²) in [4.78, 5) is 16.5. The Balaban J connectivity index is 1.43. The van der Waals surface area contributed by atoms with Gasteiger partial charge in [0.2, 0.25) is 0 Å². The number of hydrogen-bond acceptors (Lipinski definition) is 9. The third-order valence-electron chi connectivity index (χ3n) is 5.76. The van der Waals surface area contributed by atoms with Crippen LogP contribution in [-0.2, 0) is 37.4 Å². The van der Waals surface area contributed by atoms with E-state index >= 15 is 0 Å². The highest BCUT2D eigenvalue weighted by molar-refractivity contribution is 5.72. The minimum Gasteiger partial charge on any atom is -0.486 e. The van der Waals surface area contributed by atoms with E-state index in [0.717, 1.165) is 37.3 Å². The third kappa shape index (κ3) is 5.25. The van der Waals surface area contributed by atoms with Gasteiger partial charge in [-0.25, -0.2) is 9.67 Å². The molecule has 0 spiro atoms. The monoisotopic (exact) mass is 446 g/mol. The van der Waals surface area contributed by atoms with Crippen molar-refractivity contribution in [2.24, 2.45) is 13.0 Å². The quantitative estimate of drug-likeness (QED) is 0.592. The minimum absolute atomic E-state index is 0.191. The van der Waals surface area contributed by atoms with E-state index in [9.17, 15) is 4.79 Å². The molecule has 0 amide bonds. The molecule has 10 heteroatoms. The molecule has 0 N–H and O–H groups in total. The standard InChI is InChI=1S/C22H30N4O6/c1-14-19(32-16-10-15(11-29-12-16)22(27)28-3)8-7-17(23-14)21-18(26(2)25-24-21)13-31-20-6-4-5-9-30-20/h7-8,15-16,20H,4-6,9-13H2,1-3H3/t15-,16?,20?/m0/s1. The number of aromatic nitrogens is 4. The van der Waals surface area contributed by atoms with Crippen molar-refractivity contribution < 1.29 is 28.5 Å². The van der Waals surface area contributed by atoms with Crippen molar-refractivity contribution in [3.63, 3.8) is 0 Å². The molecule has 2 aliphatic heterocycles. The smallest absolute Gasteiger partial charge is 0.311 e. The fourth-order valence-corrected chi connectivity index (χ4v) is 3.94. The molecule has 0 saturated carbocycles. The summed E-state index contributed by atoms with van der Waals surface area (Å²) in [6.07, 6.45) is 3.19. The van der Waals surface area contributed by atoms with E-state index in [-0.39, 0.29) is 24.3 Å². The molecule has 4 heterocycles. The highest BCUT2D eigenvalue weighted by Crippen LogP contribution is 2.27. The molecule has 2 fully saturated rings. The molecular formula is C22H30N4O6. The number of carbonyl (C=O) groups excluding carboxylic acids is 1. The Bertz CT molecular complexity index is 927. The minimum atomic E-state index is -0.318. The lowest BCUT2D eigenvalue weighted by molar-refractivity contribution is -0.169. The molecule has 0 bridgehead atoms. The van der Waals surface area contributed by atoms with Crippen LogP contribution in [0.25, 0.3) is 11.4 Å². The summed E-state index contributed by atoms with van der Waals surface area (Å²) >= 11 is 0. The van der Waals surface area contributed by atoms with Crippen LogP contribution in [0.5, 0.6) is 5.75 Å². The highest BCUT2D eigenvalue weighted by Gasteiger charge is 2.30. The van der Waals surface area contributed by atoms with Crippen LogP contribution >= 0.6 is 0 Å². The maximum Gasteiger partial charge on any atom is 0.311 e. The van der Waals surface area contributed by atoms with Gasteiger partial charge in [0.05, 0.1) is 49.9 Å². The molecule has 2 aromatic rings. The van der Waals surface area contributed by atoms with E-state index in [1.165, 1.54) is 7.11 Å². The summed E-state index contributed by atoms with van der Waals surface area (Å²) in [5.41, 5.74) is 2.92. The molecule has 2 saturated heterocycles. The Hall–Kier alpha value is -2.56. The summed E-state index contributed by atoms with van der Waals surface area (Å²) in [5.74, 6) is 0.0475. The Morgan fingerprint density at radius 2 is 2.16 bits per heavy atom. The second-order valence-electron chi connectivity index (χ2n) is 8.13. The molecule has 2 aliphatic rings. The Morgan fingerprint density at radius 3 is 2.91 bits per heavy atom. The van der Waals surface area contributed by atoms with E-state index in [4.69, 9.17) is 23.7 Å². The number of nitrogens with zero attached hydrogens (tertiary/aromatic N) is 4. The predicted octanol–water partition coefficient (Wildman–Crippen LogP) is 2.19. The molecule has 3 atom stereocenters. The van der Waals surface area contributed by atoms with Crippen molar-refractivity contribution in [2.75, 3.05) is 26.9 Å². The van der Waals surface area contributed by atoms with Gasteiger partial charge >= 0.3 is 5.97 Å². The van der Waals surface area contributed by atoms with Crippen molar-refractivity contribution >= 4 is 5.97 Å². The van der Waals surface area contributed by atoms with Gasteiger partial charge in [0.15, 0.2) is 6.29 Å². The first-order valence-electron chi connectivity index (χ1n) is 11.0. The molecule has 4 rings (SSSR count). The van der Waals surface area contributed by atoms with Crippen LogP contribution in [-0.4, -0.2) is 65.3 Å². The molecular weight excluding hydrogens is 416 g/mol. The average molecular weight is 447 g/mol. The van der Waals surface area contributed by atoms with Crippen LogP contribution in [0.2, 0.25) is 0 Å². The summed E-state index contributed by atoms with van der Waals surface area (Å²) in [6.45, 7) is 3.73. The first-order chi connectivity index (χ1) is 15.5. The summed E-state index contributed by atoms with van der Waals surface area (Å²) in [5, 5.41) is 8.44. The second-order valence-corrected chi connectivity index (χ2v) is 8.13. The molecule has 174 valence electrons. The number of hydrogen-bond donors (Lipinski definition) is 0. The summed E-state index contributed by atoms with van der Waals surface area (Å²) < 4.78 is 29.7. The number of carbonyl (C=O) groups is 1. The van der Waals surface area contributed by atoms with E-state index < -0.39 is 0 Å². The van der Waals surface area contributed by atoms with Gasteiger partial charge in [-0.05, 0) is 38.3 Å². The van der Waals surface area contributed by atoms with Crippen LogP contribution in [0, 0.1) is 12.8 Å². The van der Waals surface area contributed by atoms with Crippen molar-refractivity contribution in [1.82, 2.24) is 20.0 Å². The molecule has 0 aromatic carbocycles. The van der Waals surface area contributed by atoms with Crippen LogP contribution in [0.15, 0.2) is 12.1 Å². The van der Waals surface area contributed by atoms with Crippen molar-refractivity contribution in [3.05, 3.63) is 23.5 Å². The van der Waals surface area contributed by atoms with Crippen LogP contribution < -0.4 is 4.74 Å². The van der Waals surface area contributed by atoms with E-state index in [1.54, 1.807) is 4.68 Å². The summed E-state index contributed by atoms with van der Waals surface area (Å²) in [6, 6.07) is 3.72. The zero-order valence-corrected chi connectivity index (χ0v) is 18.8. The highest BCUT2D eigenvalue weighted by atomic mass is 16.7. The molecule has 10 nitrogen and oxygen atoms in total. The van der Waals surface area contributed by atoms with Gasteiger partial charge in [-0.1, -0.05) is 5.21 Å². The lowest BCUT2D eigenvalue weighted by atomic mass is 10.0. The zero-order valence-electron chi connectivity index (χ0n) is 18.8. The van der Waals surface area contributed by atoms with E-state index in [1.807, 2.05) is 26.1 Å². The van der Waals surface area contributed by atoms with E-state index in [0.29, 0.717) is 43.4 Å². The fourth-order valence-electron chi connectivity index (χ4n) is 3.94. The van der Waals surface area contributed by atoms with Crippen LogP contribution in [0.3, 0.4) is 0 Å². The van der Waals surface area contributed by atoms with Gasteiger partial charge in [0.25, 0.3) is 0 Å². The first kappa shape index (κ1) is 22.6. The van der Waals surface area contributed by atoms with Gasteiger partial charge in [-0.15, -0.1) is 5.10 Å². The molecule has 32 heavy (non-hydrogen) atoms. The maximum atomic E-state index is 11.8. The van der Waals surface area contributed by atoms with Crippen molar-refractivity contribution in [3.8, 4) is 17.1 Å². The fraction of sp³-hybridized carbons (Fsp3) is 0.636. The maximum absolute atomic E-state index is 11.8. The Morgan fingerprint density at radius 1 is 1.28 bits per heavy atom. The molecule has 2 unspecified atom stereocenters.